The highest BCUT2D eigenvalue weighted by Gasteiger charge is 2.37. The Balaban J connectivity index is 2.44. The third kappa shape index (κ3) is 3.99. The number of pyridine rings is 1. The summed E-state index contributed by atoms with van der Waals surface area (Å²) in [6.45, 7) is 3.60. The number of hydrogen-bond acceptors (Lipinski definition) is 5. The Labute approximate surface area is 137 Å². The number of aliphatic hydroxyl groups excluding tert-OH is 1. The van der Waals surface area contributed by atoms with E-state index in [0.29, 0.717) is 10.9 Å². The van der Waals surface area contributed by atoms with Crippen molar-refractivity contribution >= 4 is 18.4 Å². The van der Waals surface area contributed by atoms with Gasteiger partial charge in [0.2, 0.25) is 0 Å². The van der Waals surface area contributed by atoms with E-state index in [1.807, 2.05) is 31.1 Å². The van der Waals surface area contributed by atoms with Crippen molar-refractivity contribution in [2.24, 2.45) is 0 Å². The first-order valence-electron chi connectivity index (χ1n) is 7.48. The third-order valence-corrected chi connectivity index (χ3v) is 6.09. The van der Waals surface area contributed by atoms with Gasteiger partial charge in [-0.1, -0.05) is 6.07 Å². The summed E-state index contributed by atoms with van der Waals surface area (Å²) in [6, 6.07) is 10.6. The predicted molar refractivity (Wildman–Crippen MR) is 93.4 cm³/mol. The van der Waals surface area contributed by atoms with Gasteiger partial charge >= 0.3 is 0 Å². The van der Waals surface area contributed by atoms with Gasteiger partial charge in [0.05, 0.1) is 6.10 Å². The molecule has 0 spiro atoms. The standard InChI is InChI=1S/C17H23N2O3P/c1-13(2)22-23(21,17(20)14-6-5-11-18-12-14)16-9-7-15(8-10-16)19(3)4/h5-13,17,20H,1-4H3/t17-,23+/m0/s1. The van der Waals surface area contributed by atoms with Crippen molar-refractivity contribution < 1.29 is 14.2 Å². The lowest BCUT2D eigenvalue weighted by Crippen LogP contribution is -2.18. The smallest absolute Gasteiger partial charge is 0.264 e. The van der Waals surface area contributed by atoms with Gasteiger partial charge in [-0.3, -0.25) is 9.55 Å². The molecule has 1 aromatic carbocycles. The monoisotopic (exact) mass is 334 g/mol. The summed E-state index contributed by atoms with van der Waals surface area (Å²) in [5, 5.41) is 11.2. The third-order valence-electron chi connectivity index (χ3n) is 3.40. The van der Waals surface area contributed by atoms with Crippen molar-refractivity contribution in [2.45, 2.75) is 25.8 Å². The number of aromatic nitrogens is 1. The molecule has 1 heterocycles. The Morgan fingerprint density at radius 2 is 1.83 bits per heavy atom. The SMILES string of the molecule is CC(C)O[P@](=O)(c1ccc(N(C)C)cc1)[C@H](O)c1cccnc1. The molecular formula is C17H23N2O3P. The van der Waals surface area contributed by atoms with Crippen LogP contribution in [-0.2, 0) is 9.09 Å². The fourth-order valence-electron chi connectivity index (χ4n) is 2.26. The van der Waals surface area contributed by atoms with Crippen LogP contribution in [0.25, 0.3) is 0 Å². The summed E-state index contributed by atoms with van der Waals surface area (Å²) >= 11 is 0. The van der Waals surface area contributed by atoms with Gasteiger partial charge < -0.3 is 14.5 Å². The predicted octanol–water partition coefficient (Wildman–Crippen LogP) is 3.17. The van der Waals surface area contributed by atoms with Crippen LogP contribution in [0.4, 0.5) is 5.69 Å². The normalized spacial score (nSPS) is 15.2. The van der Waals surface area contributed by atoms with Crippen LogP contribution in [0.5, 0.6) is 0 Å². The van der Waals surface area contributed by atoms with Gasteiger partial charge in [0.25, 0.3) is 7.37 Å². The summed E-state index contributed by atoms with van der Waals surface area (Å²) in [6.07, 6.45) is 2.84. The first-order valence-corrected chi connectivity index (χ1v) is 9.18. The van der Waals surface area contributed by atoms with E-state index in [0.717, 1.165) is 5.69 Å². The average molecular weight is 334 g/mol. The van der Waals surface area contributed by atoms with Crippen molar-refractivity contribution in [3.63, 3.8) is 0 Å². The zero-order valence-electron chi connectivity index (χ0n) is 13.9. The number of nitrogens with zero attached hydrogens (tertiary/aromatic N) is 2. The van der Waals surface area contributed by atoms with Crippen LogP contribution in [0.15, 0.2) is 48.8 Å². The van der Waals surface area contributed by atoms with Gasteiger partial charge in [0, 0.05) is 43.0 Å². The Hall–Kier alpha value is -1.68. The van der Waals surface area contributed by atoms with Crippen molar-refractivity contribution in [3.05, 3.63) is 54.4 Å². The molecule has 0 saturated heterocycles. The summed E-state index contributed by atoms with van der Waals surface area (Å²) in [5.41, 5.74) is 1.47. The van der Waals surface area contributed by atoms with E-state index >= 15 is 0 Å². The molecule has 2 atom stereocenters. The maximum atomic E-state index is 13.5. The summed E-state index contributed by atoms with van der Waals surface area (Å²) in [4.78, 5) is 5.94. The van der Waals surface area contributed by atoms with Crippen LogP contribution < -0.4 is 10.2 Å². The van der Waals surface area contributed by atoms with E-state index in [-0.39, 0.29) is 6.10 Å². The van der Waals surface area contributed by atoms with Crippen LogP contribution >= 0.6 is 7.37 Å². The van der Waals surface area contributed by atoms with E-state index in [4.69, 9.17) is 4.52 Å². The minimum Gasteiger partial charge on any atom is -0.378 e. The molecule has 0 unspecified atom stereocenters. The lowest BCUT2D eigenvalue weighted by molar-refractivity contribution is 0.188. The fourth-order valence-corrected chi connectivity index (χ4v) is 4.51. The quantitative estimate of drug-likeness (QED) is 0.822. The van der Waals surface area contributed by atoms with Crippen molar-refractivity contribution in [2.75, 3.05) is 19.0 Å². The lowest BCUT2D eigenvalue weighted by Gasteiger charge is -2.26. The van der Waals surface area contributed by atoms with E-state index in [9.17, 15) is 9.67 Å². The van der Waals surface area contributed by atoms with Gasteiger partial charge in [0.15, 0.2) is 5.85 Å². The largest absolute Gasteiger partial charge is 0.378 e. The molecule has 5 nitrogen and oxygen atoms in total. The van der Waals surface area contributed by atoms with E-state index in [2.05, 4.69) is 4.98 Å². The molecule has 0 aliphatic carbocycles. The molecule has 1 aromatic heterocycles. The molecule has 0 bridgehead atoms. The average Bonchev–Trinajstić information content (AvgIpc) is 2.54. The van der Waals surface area contributed by atoms with Crippen LogP contribution in [0.3, 0.4) is 0 Å². The molecule has 0 fully saturated rings. The Bertz CT molecular complexity index is 672. The number of rotatable bonds is 6. The molecular weight excluding hydrogens is 311 g/mol. The number of aliphatic hydroxyl groups is 1. The molecule has 0 radical (unpaired) electrons. The maximum absolute atomic E-state index is 13.5. The highest BCUT2D eigenvalue weighted by atomic mass is 31.2. The molecule has 2 aromatic rings. The maximum Gasteiger partial charge on any atom is 0.264 e. The first-order chi connectivity index (χ1) is 10.8. The van der Waals surface area contributed by atoms with Gasteiger partial charge in [0.1, 0.15) is 0 Å². The van der Waals surface area contributed by atoms with E-state index in [1.165, 1.54) is 6.20 Å². The Morgan fingerprint density at radius 3 is 2.30 bits per heavy atom. The van der Waals surface area contributed by atoms with Gasteiger partial charge in [-0.05, 0) is 44.2 Å². The van der Waals surface area contributed by atoms with E-state index in [1.54, 1.807) is 44.3 Å². The van der Waals surface area contributed by atoms with Crippen LogP contribution in [0.1, 0.15) is 25.3 Å². The number of hydrogen-bond donors (Lipinski definition) is 1. The van der Waals surface area contributed by atoms with Crippen LogP contribution in [-0.4, -0.2) is 30.3 Å². The summed E-state index contributed by atoms with van der Waals surface area (Å²) in [5.74, 6) is -1.25. The Kier molecular flexibility index (Phi) is 5.58. The zero-order chi connectivity index (χ0) is 17.0. The second kappa shape index (κ2) is 7.26. The van der Waals surface area contributed by atoms with Gasteiger partial charge in [-0.2, -0.15) is 0 Å². The molecule has 0 aliphatic rings. The van der Waals surface area contributed by atoms with Crippen LogP contribution in [0, 0.1) is 0 Å². The highest BCUT2D eigenvalue weighted by Crippen LogP contribution is 2.58. The number of benzene rings is 1. The minimum atomic E-state index is -3.49. The fraction of sp³-hybridized carbons (Fsp3) is 0.353. The molecule has 2 rings (SSSR count). The first kappa shape index (κ1) is 17.7. The topological polar surface area (TPSA) is 62.7 Å². The second-order valence-electron chi connectivity index (χ2n) is 5.82. The lowest BCUT2D eigenvalue weighted by atomic mass is 10.3. The van der Waals surface area contributed by atoms with Crippen molar-refractivity contribution in [3.8, 4) is 0 Å². The molecule has 0 amide bonds. The molecule has 0 aliphatic heterocycles. The Morgan fingerprint density at radius 1 is 1.17 bits per heavy atom. The number of anilines is 1. The highest BCUT2D eigenvalue weighted by molar-refractivity contribution is 7.67. The second-order valence-corrected chi connectivity index (χ2v) is 8.23. The summed E-state index contributed by atoms with van der Waals surface area (Å²) < 4.78 is 19.2. The van der Waals surface area contributed by atoms with Gasteiger partial charge in [-0.15, -0.1) is 0 Å². The molecule has 23 heavy (non-hydrogen) atoms. The van der Waals surface area contributed by atoms with Crippen molar-refractivity contribution in [1.82, 2.24) is 4.98 Å². The van der Waals surface area contributed by atoms with E-state index < -0.39 is 13.2 Å². The molecule has 124 valence electrons. The molecule has 6 heteroatoms. The zero-order valence-corrected chi connectivity index (χ0v) is 14.8. The van der Waals surface area contributed by atoms with Gasteiger partial charge in [-0.25, -0.2) is 0 Å². The molecule has 1 N–H and O–H groups in total. The van der Waals surface area contributed by atoms with Crippen molar-refractivity contribution in [1.29, 1.82) is 0 Å². The minimum absolute atomic E-state index is 0.277. The summed E-state index contributed by atoms with van der Waals surface area (Å²) in [7, 11) is 0.375. The van der Waals surface area contributed by atoms with Crippen LogP contribution in [0.2, 0.25) is 0 Å². The molecule has 0 saturated carbocycles.